The fourth-order valence-electron chi connectivity index (χ4n) is 3.86. The van der Waals surface area contributed by atoms with E-state index in [0.717, 1.165) is 36.5 Å². The van der Waals surface area contributed by atoms with Crippen LogP contribution in [0.25, 0.3) is 11.3 Å². The van der Waals surface area contributed by atoms with Crippen LogP contribution in [-0.2, 0) is 0 Å². The molecule has 2 aromatic heterocycles. The number of nitrogens with one attached hydrogen (secondary N) is 1. The maximum Gasteiger partial charge on any atom is 0.170 e. The maximum atomic E-state index is 6.42. The molecular formula is C23H24Cl2N4OS. The van der Waals surface area contributed by atoms with Gasteiger partial charge in [0.05, 0.1) is 21.8 Å². The van der Waals surface area contributed by atoms with E-state index in [-0.39, 0.29) is 12.1 Å². The Kier molecular flexibility index (Phi) is 6.82. The number of rotatable bonds is 7. The van der Waals surface area contributed by atoms with Gasteiger partial charge in [-0.15, -0.1) is 0 Å². The Morgan fingerprint density at radius 3 is 2.71 bits per heavy atom. The smallest absolute Gasteiger partial charge is 0.170 e. The maximum absolute atomic E-state index is 6.42. The third-order valence-corrected chi connectivity index (χ3v) is 6.51. The van der Waals surface area contributed by atoms with Gasteiger partial charge in [-0.05, 0) is 75.7 Å². The van der Waals surface area contributed by atoms with Crippen molar-refractivity contribution in [1.29, 1.82) is 0 Å². The van der Waals surface area contributed by atoms with E-state index >= 15 is 0 Å². The SMILES string of the molecule is CN(C)CCCN1C(=S)N[C@H](c2ccccn2)[C@H]1c1ccc(-c2cccc(Cl)c2Cl)o1. The molecule has 0 spiro atoms. The molecule has 0 aliphatic carbocycles. The fourth-order valence-corrected chi connectivity index (χ4v) is 4.59. The van der Waals surface area contributed by atoms with Crippen molar-refractivity contribution in [3.8, 4) is 11.3 Å². The zero-order chi connectivity index (χ0) is 22.0. The van der Waals surface area contributed by atoms with Gasteiger partial charge in [-0.25, -0.2) is 0 Å². The van der Waals surface area contributed by atoms with Crippen molar-refractivity contribution in [2.24, 2.45) is 0 Å². The predicted octanol–water partition coefficient (Wildman–Crippen LogP) is 5.57. The Balaban J connectivity index is 1.69. The first-order valence-electron chi connectivity index (χ1n) is 10.1. The molecule has 4 rings (SSSR count). The highest BCUT2D eigenvalue weighted by molar-refractivity contribution is 7.80. The molecule has 5 nitrogen and oxygen atoms in total. The summed E-state index contributed by atoms with van der Waals surface area (Å²) in [5.74, 6) is 1.48. The minimum atomic E-state index is -0.115. The summed E-state index contributed by atoms with van der Waals surface area (Å²) in [6.45, 7) is 1.79. The summed E-state index contributed by atoms with van der Waals surface area (Å²) in [5.41, 5.74) is 1.69. The molecule has 1 aliphatic heterocycles. The van der Waals surface area contributed by atoms with Crippen LogP contribution in [0.5, 0.6) is 0 Å². The Morgan fingerprint density at radius 2 is 1.97 bits per heavy atom. The van der Waals surface area contributed by atoms with E-state index in [0.29, 0.717) is 20.9 Å². The minimum absolute atomic E-state index is 0.109. The zero-order valence-corrected chi connectivity index (χ0v) is 19.7. The van der Waals surface area contributed by atoms with Gasteiger partial charge in [0, 0.05) is 18.3 Å². The molecule has 2 atom stereocenters. The molecular weight excluding hydrogens is 451 g/mol. The summed E-state index contributed by atoms with van der Waals surface area (Å²) in [6.07, 6.45) is 2.78. The lowest BCUT2D eigenvalue weighted by atomic mass is 10.0. The summed E-state index contributed by atoms with van der Waals surface area (Å²) >= 11 is 18.3. The topological polar surface area (TPSA) is 44.5 Å². The molecule has 3 aromatic rings. The van der Waals surface area contributed by atoms with E-state index < -0.39 is 0 Å². The van der Waals surface area contributed by atoms with Crippen LogP contribution in [0.2, 0.25) is 10.0 Å². The van der Waals surface area contributed by atoms with Crippen LogP contribution in [0.15, 0.2) is 59.1 Å². The number of pyridine rings is 1. The molecule has 1 fully saturated rings. The first-order chi connectivity index (χ1) is 15.0. The van der Waals surface area contributed by atoms with Crippen molar-refractivity contribution in [1.82, 2.24) is 20.1 Å². The van der Waals surface area contributed by atoms with Gasteiger partial charge in [0.2, 0.25) is 0 Å². The summed E-state index contributed by atoms with van der Waals surface area (Å²) in [6, 6.07) is 15.1. The Hall–Kier alpha value is -2.12. The molecule has 0 radical (unpaired) electrons. The zero-order valence-electron chi connectivity index (χ0n) is 17.4. The average Bonchev–Trinajstić information content (AvgIpc) is 3.35. The highest BCUT2D eigenvalue weighted by Gasteiger charge is 2.41. The van der Waals surface area contributed by atoms with Crippen molar-refractivity contribution in [3.63, 3.8) is 0 Å². The van der Waals surface area contributed by atoms with Gasteiger partial charge in [-0.2, -0.15) is 0 Å². The van der Waals surface area contributed by atoms with E-state index in [2.05, 4.69) is 34.2 Å². The molecule has 0 saturated carbocycles. The van der Waals surface area contributed by atoms with Gasteiger partial charge >= 0.3 is 0 Å². The van der Waals surface area contributed by atoms with Crippen molar-refractivity contribution in [2.45, 2.75) is 18.5 Å². The second-order valence-electron chi connectivity index (χ2n) is 7.78. The number of thiocarbonyl (C=S) groups is 1. The molecule has 8 heteroatoms. The van der Waals surface area contributed by atoms with Gasteiger partial charge in [-0.1, -0.05) is 35.3 Å². The second-order valence-corrected chi connectivity index (χ2v) is 8.95. The molecule has 1 aliphatic rings. The standard InChI is InChI=1S/C23H24Cl2N4OS/c1-28(2)13-6-14-29-22(21(27-23(29)31)17-9-3-4-12-26-17)19-11-10-18(30-19)15-7-5-8-16(24)20(15)25/h3-5,7-12,21-22H,6,13-14H2,1-2H3,(H,27,31)/t21-,22-/m1/s1. The Labute approximate surface area is 198 Å². The van der Waals surface area contributed by atoms with Crippen molar-refractivity contribution in [3.05, 3.63) is 76.2 Å². The molecule has 1 saturated heterocycles. The third-order valence-electron chi connectivity index (χ3n) is 5.34. The van der Waals surface area contributed by atoms with E-state index in [1.165, 1.54) is 0 Å². The van der Waals surface area contributed by atoms with Crippen molar-refractivity contribution < 1.29 is 4.42 Å². The molecule has 1 aromatic carbocycles. The second kappa shape index (κ2) is 9.57. The summed E-state index contributed by atoms with van der Waals surface area (Å²) in [5, 5.41) is 5.14. The highest BCUT2D eigenvalue weighted by atomic mass is 35.5. The quantitative estimate of drug-likeness (QED) is 0.451. The van der Waals surface area contributed by atoms with Crippen LogP contribution in [0.4, 0.5) is 0 Å². The van der Waals surface area contributed by atoms with Crippen LogP contribution in [-0.4, -0.2) is 47.1 Å². The van der Waals surface area contributed by atoms with E-state index in [1.807, 2.05) is 42.5 Å². The lowest BCUT2D eigenvalue weighted by Gasteiger charge is -2.26. The Bertz CT molecular complexity index is 1060. The van der Waals surface area contributed by atoms with E-state index in [1.54, 1.807) is 12.3 Å². The molecule has 0 bridgehead atoms. The number of halogens is 2. The Morgan fingerprint density at radius 1 is 1.13 bits per heavy atom. The van der Waals surface area contributed by atoms with Gasteiger partial charge in [-0.3, -0.25) is 4.98 Å². The molecule has 3 heterocycles. The number of aromatic nitrogens is 1. The molecule has 1 N–H and O–H groups in total. The monoisotopic (exact) mass is 474 g/mol. The third kappa shape index (κ3) is 4.72. The minimum Gasteiger partial charge on any atom is -0.459 e. The van der Waals surface area contributed by atoms with Gasteiger partial charge in [0.15, 0.2) is 5.11 Å². The van der Waals surface area contributed by atoms with Gasteiger partial charge in [0.25, 0.3) is 0 Å². The van der Waals surface area contributed by atoms with Crippen LogP contribution in [0.1, 0.15) is 30.0 Å². The summed E-state index contributed by atoms with van der Waals surface area (Å²) < 4.78 is 6.32. The lowest BCUT2D eigenvalue weighted by molar-refractivity contribution is 0.261. The number of nitrogens with zero attached hydrogens (tertiary/aromatic N) is 3. The predicted molar refractivity (Wildman–Crippen MR) is 129 cm³/mol. The van der Waals surface area contributed by atoms with Crippen molar-refractivity contribution in [2.75, 3.05) is 27.2 Å². The first kappa shape index (κ1) is 22.1. The molecule has 31 heavy (non-hydrogen) atoms. The van der Waals surface area contributed by atoms with Crippen molar-refractivity contribution >= 4 is 40.5 Å². The number of furan rings is 1. The molecule has 162 valence electrons. The normalized spacial score (nSPS) is 18.6. The number of benzene rings is 1. The van der Waals surface area contributed by atoms with Crippen LogP contribution in [0, 0.1) is 0 Å². The molecule has 0 unspecified atom stereocenters. The van der Waals surface area contributed by atoms with Crippen LogP contribution < -0.4 is 5.32 Å². The van der Waals surface area contributed by atoms with Gasteiger partial charge < -0.3 is 19.5 Å². The largest absolute Gasteiger partial charge is 0.459 e. The summed E-state index contributed by atoms with van der Waals surface area (Å²) in [7, 11) is 4.14. The van der Waals surface area contributed by atoms with E-state index in [9.17, 15) is 0 Å². The lowest BCUT2D eigenvalue weighted by Crippen LogP contribution is -2.32. The number of hydrogen-bond acceptors (Lipinski definition) is 4. The first-order valence-corrected chi connectivity index (χ1v) is 11.3. The molecule has 0 amide bonds. The van der Waals surface area contributed by atoms with Crippen LogP contribution in [0.3, 0.4) is 0 Å². The highest BCUT2D eigenvalue weighted by Crippen LogP contribution is 2.42. The van der Waals surface area contributed by atoms with Gasteiger partial charge in [0.1, 0.15) is 17.6 Å². The number of hydrogen-bond donors (Lipinski definition) is 1. The fraction of sp³-hybridized carbons (Fsp3) is 0.304. The average molecular weight is 475 g/mol. The summed E-state index contributed by atoms with van der Waals surface area (Å²) in [4.78, 5) is 8.93. The van der Waals surface area contributed by atoms with E-state index in [4.69, 9.17) is 39.8 Å². The van der Waals surface area contributed by atoms with Crippen LogP contribution >= 0.6 is 35.4 Å².